The van der Waals surface area contributed by atoms with Crippen molar-refractivity contribution in [2.45, 2.75) is 6.92 Å². The maximum atomic E-state index is 5.81. The number of hydrogen-bond donors (Lipinski definition) is 2. The van der Waals surface area contributed by atoms with Gasteiger partial charge in [0.05, 0.1) is 5.52 Å². The quantitative estimate of drug-likeness (QED) is 0.647. The molecule has 4 heteroatoms. The van der Waals surface area contributed by atoms with Crippen LogP contribution in [0.3, 0.4) is 0 Å². The van der Waals surface area contributed by atoms with Gasteiger partial charge in [-0.3, -0.25) is 0 Å². The molecule has 3 N–H and O–H groups in total. The molecule has 19 heavy (non-hydrogen) atoms. The van der Waals surface area contributed by atoms with Gasteiger partial charge in [0.2, 0.25) is 0 Å². The molecule has 2 rings (SSSR count). The standard InChI is InChI=1S/C15H16N4/c1-3-5-6-12(4-2)19-15-13-9-11(16)7-8-14(13)17-10-18-15/h3-10H,2,16H2,1H3,(H,17,18,19)/b5-3-,12-6+. The number of hydrogen-bond acceptors (Lipinski definition) is 4. The summed E-state index contributed by atoms with van der Waals surface area (Å²) >= 11 is 0. The lowest BCUT2D eigenvalue weighted by Gasteiger charge is -2.09. The van der Waals surface area contributed by atoms with Crippen LogP contribution in [0.15, 0.2) is 61.1 Å². The lowest BCUT2D eigenvalue weighted by atomic mass is 10.2. The summed E-state index contributed by atoms with van der Waals surface area (Å²) in [6.07, 6.45) is 9.06. The van der Waals surface area contributed by atoms with Crippen molar-refractivity contribution in [2.24, 2.45) is 0 Å². The average molecular weight is 252 g/mol. The summed E-state index contributed by atoms with van der Waals surface area (Å²) in [4.78, 5) is 8.47. The van der Waals surface area contributed by atoms with Crippen molar-refractivity contribution in [3.05, 3.63) is 61.1 Å². The van der Waals surface area contributed by atoms with Crippen molar-refractivity contribution in [2.75, 3.05) is 11.1 Å². The molecule has 0 saturated carbocycles. The van der Waals surface area contributed by atoms with Crippen LogP contribution in [0.1, 0.15) is 6.92 Å². The van der Waals surface area contributed by atoms with E-state index in [4.69, 9.17) is 5.73 Å². The fourth-order valence-corrected chi connectivity index (χ4v) is 1.67. The second-order valence-corrected chi connectivity index (χ2v) is 3.98. The molecule has 0 saturated heterocycles. The van der Waals surface area contributed by atoms with E-state index in [0.29, 0.717) is 11.5 Å². The Morgan fingerprint density at radius 3 is 2.95 bits per heavy atom. The second kappa shape index (κ2) is 5.82. The molecule has 0 aliphatic carbocycles. The van der Waals surface area contributed by atoms with Crippen molar-refractivity contribution in [1.82, 2.24) is 9.97 Å². The van der Waals surface area contributed by atoms with Gasteiger partial charge < -0.3 is 11.1 Å². The number of rotatable bonds is 4. The zero-order valence-corrected chi connectivity index (χ0v) is 10.8. The molecule has 0 aliphatic rings. The van der Waals surface area contributed by atoms with Gasteiger partial charge in [-0.2, -0.15) is 0 Å². The van der Waals surface area contributed by atoms with Crippen LogP contribution in [-0.2, 0) is 0 Å². The van der Waals surface area contributed by atoms with E-state index in [9.17, 15) is 0 Å². The van der Waals surface area contributed by atoms with Gasteiger partial charge in [0.15, 0.2) is 0 Å². The van der Waals surface area contributed by atoms with Gasteiger partial charge in [-0.15, -0.1) is 0 Å². The predicted molar refractivity (Wildman–Crippen MR) is 80.7 cm³/mol. The van der Waals surface area contributed by atoms with E-state index < -0.39 is 0 Å². The van der Waals surface area contributed by atoms with Crippen LogP contribution in [0, 0.1) is 0 Å². The molecule has 0 bridgehead atoms. The van der Waals surface area contributed by atoms with Crippen LogP contribution < -0.4 is 11.1 Å². The number of nitrogens with one attached hydrogen (secondary N) is 1. The molecule has 96 valence electrons. The van der Waals surface area contributed by atoms with E-state index in [2.05, 4.69) is 21.9 Å². The van der Waals surface area contributed by atoms with E-state index in [1.807, 2.05) is 43.4 Å². The molecule has 0 spiro atoms. The third-order valence-corrected chi connectivity index (χ3v) is 2.61. The zero-order valence-electron chi connectivity index (χ0n) is 10.8. The van der Waals surface area contributed by atoms with Crippen LogP contribution in [0.2, 0.25) is 0 Å². The minimum Gasteiger partial charge on any atom is -0.399 e. The summed E-state index contributed by atoms with van der Waals surface area (Å²) < 4.78 is 0. The number of nitrogen functional groups attached to an aromatic ring is 1. The molecule has 0 unspecified atom stereocenters. The Balaban J connectivity index is 2.45. The van der Waals surface area contributed by atoms with Crippen LogP contribution in [0.4, 0.5) is 11.5 Å². The Labute approximate surface area is 112 Å². The van der Waals surface area contributed by atoms with Crippen molar-refractivity contribution in [3.8, 4) is 0 Å². The van der Waals surface area contributed by atoms with Gasteiger partial charge in [0.25, 0.3) is 0 Å². The molecule has 0 radical (unpaired) electrons. The smallest absolute Gasteiger partial charge is 0.141 e. The van der Waals surface area contributed by atoms with Gasteiger partial charge >= 0.3 is 0 Å². The zero-order chi connectivity index (χ0) is 13.7. The molecule has 1 aromatic carbocycles. The van der Waals surface area contributed by atoms with Crippen LogP contribution in [-0.4, -0.2) is 9.97 Å². The van der Waals surface area contributed by atoms with Crippen LogP contribution in [0.5, 0.6) is 0 Å². The summed E-state index contributed by atoms with van der Waals surface area (Å²) in [6.45, 7) is 5.73. The molecule has 1 aromatic heterocycles. The fraction of sp³-hybridized carbons (Fsp3) is 0.0667. The molecule has 2 aromatic rings. The molecule has 0 fully saturated rings. The Hall–Kier alpha value is -2.62. The summed E-state index contributed by atoms with van der Waals surface area (Å²) in [5, 5.41) is 4.10. The van der Waals surface area contributed by atoms with Crippen molar-refractivity contribution >= 4 is 22.4 Å². The third-order valence-electron chi connectivity index (χ3n) is 2.61. The predicted octanol–water partition coefficient (Wildman–Crippen LogP) is 3.27. The van der Waals surface area contributed by atoms with Gasteiger partial charge in [-0.25, -0.2) is 9.97 Å². The Morgan fingerprint density at radius 2 is 2.21 bits per heavy atom. The molecule has 0 amide bonds. The number of fused-ring (bicyclic) bond motifs is 1. The maximum Gasteiger partial charge on any atom is 0.141 e. The number of allylic oxidation sites excluding steroid dienone is 4. The van der Waals surface area contributed by atoms with E-state index in [1.165, 1.54) is 6.33 Å². The SMILES string of the molecule is C=C/C(=C\C=C/C)Nc1ncnc2ccc(N)cc12. The highest BCUT2D eigenvalue weighted by atomic mass is 15.0. The summed E-state index contributed by atoms with van der Waals surface area (Å²) in [7, 11) is 0. The van der Waals surface area contributed by atoms with E-state index >= 15 is 0 Å². The van der Waals surface area contributed by atoms with Crippen LogP contribution >= 0.6 is 0 Å². The summed E-state index contributed by atoms with van der Waals surface area (Å²) in [5.41, 5.74) is 8.20. The molecule has 1 heterocycles. The fourth-order valence-electron chi connectivity index (χ4n) is 1.67. The number of nitrogens with zero attached hydrogens (tertiary/aromatic N) is 2. The van der Waals surface area contributed by atoms with Gasteiger partial charge in [-0.1, -0.05) is 18.7 Å². The minimum atomic E-state index is 0.683. The highest BCUT2D eigenvalue weighted by Crippen LogP contribution is 2.22. The maximum absolute atomic E-state index is 5.81. The lowest BCUT2D eigenvalue weighted by molar-refractivity contribution is 1.21. The summed E-state index contributed by atoms with van der Waals surface area (Å²) in [5.74, 6) is 0.716. The highest BCUT2D eigenvalue weighted by Gasteiger charge is 2.04. The number of benzene rings is 1. The van der Waals surface area contributed by atoms with E-state index in [0.717, 1.165) is 16.6 Å². The monoisotopic (exact) mass is 252 g/mol. The first kappa shape index (κ1) is 12.8. The number of nitrogens with two attached hydrogens (primary N) is 1. The average Bonchev–Trinajstić information content (AvgIpc) is 2.43. The molecular weight excluding hydrogens is 236 g/mol. The van der Waals surface area contributed by atoms with E-state index in [1.54, 1.807) is 6.08 Å². The Morgan fingerprint density at radius 1 is 1.37 bits per heavy atom. The van der Waals surface area contributed by atoms with E-state index in [-0.39, 0.29) is 0 Å². The Bertz CT molecular complexity index is 656. The third kappa shape index (κ3) is 2.98. The molecular formula is C15H16N4. The van der Waals surface area contributed by atoms with Gasteiger partial charge in [0.1, 0.15) is 12.1 Å². The van der Waals surface area contributed by atoms with Crippen molar-refractivity contribution < 1.29 is 0 Å². The number of aromatic nitrogens is 2. The minimum absolute atomic E-state index is 0.683. The first-order chi connectivity index (χ1) is 9.24. The number of anilines is 2. The lowest BCUT2D eigenvalue weighted by Crippen LogP contribution is -2.00. The molecule has 4 nitrogen and oxygen atoms in total. The molecule has 0 atom stereocenters. The normalized spacial score (nSPS) is 11.9. The van der Waals surface area contributed by atoms with Crippen molar-refractivity contribution in [1.29, 1.82) is 0 Å². The first-order valence-electron chi connectivity index (χ1n) is 5.97. The topological polar surface area (TPSA) is 63.8 Å². The van der Waals surface area contributed by atoms with Gasteiger partial charge in [0, 0.05) is 16.8 Å². The highest BCUT2D eigenvalue weighted by molar-refractivity contribution is 5.91. The summed E-state index contributed by atoms with van der Waals surface area (Å²) in [6, 6.07) is 5.55. The largest absolute Gasteiger partial charge is 0.399 e. The second-order valence-electron chi connectivity index (χ2n) is 3.98. The van der Waals surface area contributed by atoms with Crippen LogP contribution in [0.25, 0.3) is 10.9 Å². The van der Waals surface area contributed by atoms with Gasteiger partial charge in [-0.05, 0) is 37.3 Å². The molecule has 0 aliphatic heterocycles. The Kier molecular flexibility index (Phi) is 3.93. The van der Waals surface area contributed by atoms with Crippen molar-refractivity contribution in [3.63, 3.8) is 0 Å². The first-order valence-corrected chi connectivity index (χ1v) is 5.97.